The Morgan fingerprint density at radius 2 is 1.54 bits per heavy atom. The number of hydrogen-bond donors (Lipinski definition) is 0. The molecular formula is C31H24N4O2. The fourth-order valence-electron chi connectivity index (χ4n) is 4.39. The third-order valence-electron chi connectivity index (χ3n) is 6.36. The van der Waals surface area contributed by atoms with Crippen molar-refractivity contribution in [3.63, 3.8) is 0 Å². The molecule has 0 radical (unpaired) electrons. The lowest BCUT2D eigenvalue weighted by Crippen LogP contribution is -1.99. The van der Waals surface area contributed by atoms with Crippen molar-refractivity contribution in [2.45, 2.75) is 13.3 Å². The summed E-state index contributed by atoms with van der Waals surface area (Å²) in [4.78, 5) is 8.83. The van der Waals surface area contributed by atoms with Crippen LogP contribution >= 0.6 is 0 Å². The van der Waals surface area contributed by atoms with Gasteiger partial charge in [-0.05, 0) is 24.6 Å². The minimum Gasteiger partial charge on any atom is -0.495 e. The Kier molecular flexibility index (Phi) is 5.91. The Labute approximate surface area is 214 Å². The van der Waals surface area contributed by atoms with E-state index in [-0.39, 0.29) is 0 Å². The summed E-state index contributed by atoms with van der Waals surface area (Å²) in [5.74, 6) is 2.02. The van der Waals surface area contributed by atoms with E-state index in [2.05, 4.69) is 75.6 Å². The van der Waals surface area contributed by atoms with Gasteiger partial charge in [-0.3, -0.25) is 4.98 Å². The molecule has 0 fully saturated rings. The third-order valence-corrected chi connectivity index (χ3v) is 6.36. The van der Waals surface area contributed by atoms with Crippen LogP contribution in [0.4, 0.5) is 0 Å². The number of rotatable bonds is 6. The highest BCUT2D eigenvalue weighted by Crippen LogP contribution is 2.31. The molecule has 0 saturated carbocycles. The molecule has 0 unspecified atom stereocenters. The number of ether oxygens (including phenoxy) is 2. The number of benzene rings is 3. The maximum atomic E-state index is 6.14. The topological polar surface area (TPSA) is 70.0 Å². The Morgan fingerprint density at radius 3 is 2.32 bits per heavy atom. The predicted molar refractivity (Wildman–Crippen MR) is 145 cm³/mol. The Hall–Kier alpha value is -4.84. The van der Waals surface area contributed by atoms with E-state index in [1.54, 1.807) is 19.5 Å². The highest BCUT2D eigenvalue weighted by Gasteiger charge is 2.12. The average molecular weight is 485 g/mol. The van der Waals surface area contributed by atoms with Crippen molar-refractivity contribution < 1.29 is 9.47 Å². The van der Waals surface area contributed by atoms with Crippen LogP contribution in [0.15, 0.2) is 97.3 Å². The molecule has 0 saturated heterocycles. The first-order chi connectivity index (χ1) is 18.2. The van der Waals surface area contributed by atoms with E-state index < -0.39 is 0 Å². The molecule has 6 nitrogen and oxygen atoms in total. The molecule has 0 amide bonds. The summed E-state index contributed by atoms with van der Waals surface area (Å²) in [6.45, 7) is 2.08. The van der Waals surface area contributed by atoms with E-state index in [0.717, 1.165) is 39.0 Å². The summed E-state index contributed by atoms with van der Waals surface area (Å²) in [6.07, 6.45) is 4.04. The molecule has 3 aromatic carbocycles. The van der Waals surface area contributed by atoms with Crippen LogP contribution in [-0.4, -0.2) is 27.3 Å². The Bertz CT molecular complexity index is 1710. The van der Waals surface area contributed by atoms with Gasteiger partial charge in [0.2, 0.25) is 0 Å². The minimum absolute atomic E-state index is 0.643. The van der Waals surface area contributed by atoms with Crippen LogP contribution < -0.4 is 9.47 Å². The lowest BCUT2D eigenvalue weighted by molar-refractivity contribution is 0.413. The lowest BCUT2D eigenvalue weighted by Gasteiger charge is -2.11. The van der Waals surface area contributed by atoms with E-state index in [1.165, 1.54) is 5.56 Å². The van der Waals surface area contributed by atoms with Crippen LogP contribution in [0.3, 0.4) is 0 Å². The van der Waals surface area contributed by atoms with Crippen LogP contribution in [0.1, 0.15) is 16.8 Å². The lowest BCUT2D eigenvalue weighted by atomic mass is 10.00. The molecular weight excluding hydrogens is 460 g/mol. The van der Waals surface area contributed by atoms with E-state index in [9.17, 15) is 0 Å². The number of pyridine rings is 2. The van der Waals surface area contributed by atoms with Crippen LogP contribution in [0.5, 0.6) is 17.2 Å². The number of nitrogens with zero attached hydrogens (tertiary/aromatic N) is 4. The third kappa shape index (κ3) is 4.57. The summed E-state index contributed by atoms with van der Waals surface area (Å²) in [6, 6.07) is 28.4. The van der Waals surface area contributed by atoms with Crippen molar-refractivity contribution in [1.29, 1.82) is 0 Å². The van der Waals surface area contributed by atoms with Crippen molar-refractivity contribution >= 4 is 21.8 Å². The molecule has 0 bridgehead atoms. The number of fused-ring (bicyclic) bond motifs is 2. The summed E-state index contributed by atoms with van der Waals surface area (Å²) in [5.41, 5.74) is 6.66. The highest BCUT2D eigenvalue weighted by molar-refractivity contribution is 5.95. The van der Waals surface area contributed by atoms with Crippen molar-refractivity contribution in [2.75, 3.05) is 7.11 Å². The van der Waals surface area contributed by atoms with E-state index >= 15 is 0 Å². The normalized spacial score (nSPS) is 11.1. The minimum atomic E-state index is 0.643. The van der Waals surface area contributed by atoms with Gasteiger partial charge in [-0.25, -0.2) is 4.98 Å². The Balaban J connectivity index is 1.26. The van der Waals surface area contributed by atoms with Gasteiger partial charge in [0.15, 0.2) is 5.75 Å². The second-order valence-corrected chi connectivity index (χ2v) is 8.88. The quantitative estimate of drug-likeness (QED) is 0.255. The van der Waals surface area contributed by atoms with Crippen LogP contribution in [0.25, 0.3) is 33.1 Å². The monoisotopic (exact) mass is 484 g/mol. The molecule has 180 valence electrons. The van der Waals surface area contributed by atoms with Gasteiger partial charge in [-0.15, -0.1) is 5.10 Å². The molecule has 37 heavy (non-hydrogen) atoms. The first-order valence-electron chi connectivity index (χ1n) is 12.0. The molecule has 0 aliphatic heterocycles. The second-order valence-electron chi connectivity index (χ2n) is 8.88. The van der Waals surface area contributed by atoms with Gasteiger partial charge >= 0.3 is 0 Å². The molecule has 0 N–H and O–H groups in total. The smallest absolute Gasteiger partial charge is 0.156 e. The van der Waals surface area contributed by atoms with E-state index in [1.807, 2.05) is 36.4 Å². The van der Waals surface area contributed by atoms with Gasteiger partial charge in [0.1, 0.15) is 22.7 Å². The van der Waals surface area contributed by atoms with Crippen molar-refractivity contribution in [1.82, 2.24) is 20.2 Å². The molecule has 6 aromatic rings. The van der Waals surface area contributed by atoms with Gasteiger partial charge in [0, 0.05) is 41.1 Å². The van der Waals surface area contributed by atoms with Crippen molar-refractivity contribution in [2.24, 2.45) is 0 Å². The maximum Gasteiger partial charge on any atom is 0.156 e. The molecule has 3 aromatic heterocycles. The number of methoxy groups -OCH3 is 1. The molecule has 0 aliphatic rings. The van der Waals surface area contributed by atoms with Crippen molar-refractivity contribution in [3.05, 3.63) is 114 Å². The average Bonchev–Trinajstić information content (AvgIpc) is 2.95. The van der Waals surface area contributed by atoms with Crippen molar-refractivity contribution in [3.8, 4) is 28.5 Å². The molecule has 6 heteroatoms. The molecule has 0 aliphatic carbocycles. The molecule has 0 atom stereocenters. The first kappa shape index (κ1) is 22.6. The molecule has 6 rings (SSSR count). The zero-order chi connectivity index (χ0) is 25.2. The molecule has 0 spiro atoms. The number of aryl methyl sites for hydroxylation is 1. The van der Waals surface area contributed by atoms with Crippen LogP contribution in [0.2, 0.25) is 0 Å². The number of aromatic nitrogens is 4. The summed E-state index contributed by atoms with van der Waals surface area (Å²) >= 11 is 0. The maximum absolute atomic E-state index is 6.14. The summed E-state index contributed by atoms with van der Waals surface area (Å²) in [5, 5.41) is 11.5. The van der Waals surface area contributed by atoms with Gasteiger partial charge in [-0.2, -0.15) is 5.10 Å². The standard InChI is InChI=1S/C31H24N4O2/c1-20-7-11-22(12-8-20)30-26-6-4-3-5-25(26)27(34-35-30)17-21-9-13-23(14-10-21)37-29-15-16-32-28-18-24(36-2)19-33-31(28)29/h3-16,18-19H,17H2,1-2H3. The largest absolute Gasteiger partial charge is 0.495 e. The summed E-state index contributed by atoms with van der Waals surface area (Å²) < 4.78 is 11.4. The van der Waals surface area contributed by atoms with Gasteiger partial charge in [0.05, 0.1) is 24.5 Å². The first-order valence-corrected chi connectivity index (χ1v) is 12.0. The van der Waals surface area contributed by atoms with Gasteiger partial charge in [-0.1, -0.05) is 66.2 Å². The van der Waals surface area contributed by atoms with Crippen LogP contribution in [0, 0.1) is 6.92 Å². The predicted octanol–water partition coefficient (Wildman–Crippen LogP) is 6.94. The SMILES string of the molecule is COc1cnc2c(Oc3ccc(Cc4nnc(-c5ccc(C)cc5)c5ccccc45)cc3)ccnc2c1. The zero-order valence-corrected chi connectivity index (χ0v) is 20.6. The van der Waals surface area contributed by atoms with Gasteiger partial charge in [0.25, 0.3) is 0 Å². The Morgan fingerprint density at radius 1 is 0.757 bits per heavy atom. The van der Waals surface area contributed by atoms with Crippen LogP contribution in [-0.2, 0) is 6.42 Å². The second kappa shape index (κ2) is 9.66. The highest BCUT2D eigenvalue weighted by atomic mass is 16.5. The summed E-state index contributed by atoms with van der Waals surface area (Å²) in [7, 11) is 1.61. The fraction of sp³-hybridized carbons (Fsp3) is 0.0968. The van der Waals surface area contributed by atoms with E-state index in [4.69, 9.17) is 9.47 Å². The zero-order valence-electron chi connectivity index (χ0n) is 20.6. The van der Waals surface area contributed by atoms with Gasteiger partial charge < -0.3 is 9.47 Å². The fourth-order valence-corrected chi connectivity index (χ4v) is 4.39. The molecule has 3 heterocycles. The van der Waals surface area contributed by atoms with E-state index in [0.29, 0.717) is 29.0 Å². The number of hydrogen-bond acceptors (Lipinski definition) is 6.